The van der Waals surface area contributed by atoms with E-state index in [0.29, 0.717) is 19.4 Å². The molecule has 32 heavy (non-hydrogen) atoms. The number of nitrogens with zero attached hydrogens (tertiary/aromatic N) is 2. The summed E-state index contributed by atoms with van der Waals surface area (Å²) >= 11 is 6.05. The second-order valence-corrected chi connectivity index (χ2v) is 8.62. The first-order chi connectivity index (χ1) is 15.4. The van der Waals surface area contributed by atoms with Crippen molar-refractivity contribution in [1.82, 2.24) is 9.80 Å². The number of benzene rings is 1. The van der Waals surface area contributed by atoms with Crippen molar-refractivity contribution in [3.8, 4) is 0 Å². The summed E-state index contributed by atoms with van der Waals surface area (Å²) in [6, 6.07) is 6.00. The van der Waals surface area contributed by atoms with E-state index in [1.165, 1.54) is 0 Å². The molecule has 0 aliphatic carbocycles. The fourth-order valence-electron chi connectivity index (χ4n) is 3.83. The highest BCUT2D eigenvalue weighted by Gasteiger charge is 2.27. The Morgan fingerprint density at radius 1 is 1.38 bits per heavy atom. The van der Waals surface area contributed by atoms with Gasteiger partial charge in [0.05, 0.1) is 6.54 Å². The Morgan fingerprint density at radius 3 is 2.78 bits per heavy atom. The van der Waals surface area contributed by atoms with E-state index in [4.69, 9.17) is 11.6 Å². The van der Waals surface area contributed by atoms with Crippen molar-refractivity contribution in [2.24, 2.45) is 0 Å². The Labute approximate surface area is 197 Å². The first-order valence-corrected chi connectivity index (χ1v) is 11.5. The zero-order chi connectivity index (χ0) is 23.5. The summed E-state index contributed by atoms with van der Waals surface area (Å²) < 4.78 is 0. The zero-order valence-corrected chi connectivity index (χ0v) is 20.1. The number of nitrogens with one attached hydrogen (secondary N) is 2. The number of aldehydes is 1. The summed E-state index contributed by atoms with van der Waals surface area (Å²) in [5.41, 5.74) is 3.98. The highest BCUT2D eigenvalue weighted by atomic mass is 35.5. The Morgan fingerprint density at radius 2 is 2.16 bits per heavy atom. The van der Waals surface area contributed by atoms with Crippen LogP contribution in [0.1, 0.15) is 25.8 Å². The monoisotopic (exact) mass is 458 g/mol. The van der Waals surface area contributed by atoms with Crippen LogP contribution in [0.5, 0.6) is 0 Å². The molecule has 2 N–H and O–H groups in total. The lowest BCUT2D eigenvalue weighted by Gasteiger charge is -2.41. The fraction of sp³-hybridized carbons (Fsp3) is 0.440. The van der Waals surface area contributed by atoms with Crippen LogP contribution in [-0.4, -0.2) is 66.6 Å². The van der Waals surface area contributed by atoms with E-state index < -0.39 is 0 Å². The lowest BCUT2D eigenvalue weighted by Crippen LogP contribution is -2.54. The molecule has 1 aromatic rings. The molecule has 1 amide bonds. The van der Waals surface area contributed by atoms with Crippen LogP contribution < -0.4 is 10.6 Å². The van der Waals surface area contributed by atoms with E-state index in [0.717, 1.165) is 42.0 Å². The van der Waals surface area contributed by atoms with E-state index in [9.17, 15) is 9.59 Å². The summed E-state index contributed by atoms with van der Waals surface area (Å²) in [7, 11) is 1.86. The SMILES string of the molecule is C=C/C=C(\C=C/C(C)Cl)N1CCN(C(=O)CNc2ccc(NC)c(CCC=O)c2)C(C)C1. The second kappa shape index (κ2) is 13.0. The number of allylic oxidation sites excluding steroid dienone is 4. The number of carbonyl (C=O) groups is 2. The minimum atomic E-state index is -0.0456. The van der Waals surface area contributed by atoms with Gasteiger partial charge in [-0.3, -0.25) is 4.79 Å². The molecule has 2 rings (SSSR count). The Bertz CT molecular complexity index is 850. The smallest absolute Gasteiger partial charge is 0.242 e. The number of amides is 1. The van der Waals surface area contributed by atoms with Gasteiger partial charge in [-0.25, -0.2) is 0 Å². The molecule has 2 atom stereocenters. The molecule has 1 heterocycles. The van der Waals surface area contributed by atoms with Crippen LogP contribution in [0.15, 0.2) is 54.8 Å². The normalized spacial score (nSPS) is 17.9. The third kappa shape index (κ3) is 7.45. The van der Waals surface area contributed by atoms with Gasteiger partial charge < -0.3 is 25.2 Å². The summed E-state index contributed by atoms with van der Waals surface area (Å²) in [6.45, 7) is 10.2. The van der Waals surface area contributed by atoms with Crippen molar-refractivity contribution in [3.05, 3.63) is 60.3 Å². The molecular formula is C25H35ClN4O2. The van der Waals surface area contributed by atoms with E-state index in [1.807, 2.05) is 55.3 Å². The zero-order valence-electron chi connectivity index (χ0n) is 19.3. The van der Waals surface area contributed by atoms with Gasteiger partial charge in [-0.1, -0.05) is 18.7 Å². The highest BCUT2D eigenvalue weighted by Crippen LogP contribution is 2.22. The Kier molecular flexibility index (Phi) is 10.3. The number of carbonyl (C=O) groups excluding carboxylic acids is 2. The molecule has 1 aliphatic rings. The van der Waals surface area contributed by atoms with Crippen LogP contribution in [0, 0.1) is 0 Å². The van der Waals surface area contributed by atoms with Crippen LogP contribution in [0.4, 0.5) is 11.4 Å². The van der Waals surface area contributed by atoms with Crippen molar-refractivity contribution in [1.29, 1.82) is 0 Å². The van der Waals surface area contributed by atoms with Crippen molar-refractivity contribution >= 4 is 35.2 Å². The standard InChI is InChI=1S/C25H35ClN4O2/c1-5-7-23(11-9-19(2)26)29-13-14-30(20(3)18-29)25(32)17-28-22-10-12-24(27-4)21(16-22)8-6-15-31/h5,7,9-12,15-16,19-20,27-28H,1,6,8,13-14,17-18H2,2-4H3/b11-9-,23-7+. The van der Waals surface area contributed by atoms with E-state index >= 15 is 0 Å². The minimum Gasteiger partial charge on any atom is -0.388 e. The number of alkyl halides is 1. The van der Waals surface area contributed by atoms with Crippen LogP contribution >= 0.6 is 11.6 Å². The van der Waals surface area contributed by atoms with Crippen molar-refractivity contribution < 1.29 is 9.59 Å². The molecule has 0 saturated carbocycles. The lowest BCUT2D eigenvalue weighted by molar-refractivity contribution is -0.133. The molecule has 1 saturated heterocycles. The first kappa shape index (κ1) is 25.5. The molecular weight excluding hydrogens is 424 g/mol. The quantitative estimate of drug-likeness (QED) is 0.297. The number of anilines is 2. The highest BCUT2D eigenvalue weighted by molar-refractivity contribution is 6.21. The average molecular weight is 459 g/mol. The van der Waals surface area contributed by atoms with Crippen molar-refractivity contribution in [3.63, 3.8) is 0 Å². The summed E-state index contributed by atoms with van der Waals surface area (Å²) in [4.78, 5) is 27.8. The topological polar surface area (TPSA) is 64.7 Å². The molecule has 174 valence electrons. The van der Waals surface area contributed by atoms with Gasteiger partial charge in [-0.2, -0.15) is 0 Å². The Hall–Kier alpha value is -2.73. The van der Waals surface area contributed by atoms with Gasteiger partial charge in [0.2, 0.25) is 5.91 Å². The number of piperazine rings is 1. The van der Waals surface area contributed by atoms with Crippen molar-refractivity contribution in [2.75, 3.05) is 43.9 Å². The van der Waals surface area contributed by atoms with Gasteiger partial charge in [0.15, 0.2) is 0 Å². The van der Waals surface area contributed by atoms with Gasteiger partial charge in [-0.15, -0.1) is 11.6 Å². The number of rotatable bonds is 11. The van der Waals surface area contributed by atoms with Crippen LogP contribution in [0.2, 0.25) is 0 Å². The Balaban J connectivity index is 1.97. The van der Waals surface area contributed by atoms with E-state index in [-0.39, 0.29) is 23.9 Å². The van der Waals surface area contributed by atoms with Crippen LogP contribution in [-0.2, 0) is 16.0 Å². The van der Waals surface area contributed by atoms with Crippen molar-refractivity contribution in [2.45, 2.75) is 38.1 Å². The van der Waals surface area contributed by atoms with Gasteiger partial charge >= 0.3 is 0 Å². The fourth-order valence-corrected chi connectivity index (χ4v) is 3.90. The maximum atomic E-state index is 12.9. The predicted molar refractivity (Wildman–Crippen MR) is 134 cm³/mol. The van der Waals surface area contributed by atoms with E-state index in [1.54, 1.807) is 6.08 Å². The number of hydrogen-bond acceptors (Lipinski definition) is 5. The number of hydrogen-bond donors (Lipinski definition) is 2. The van der Waals surface area contributed by atoms with Crippen LogP contribution in [0.25, 0.3) is 0 Å². The van der Waals surface area contributed by atoms with Crippen LogP contribution in [0.3, 0.4) is 0 Å². The van der Waals surface area contributed by atoms with Gasteiger partial charge in [0.1, 0.15) is 6.29 Å². The molecule has 1 aromatic carbocycles. The molecule has 2 unspecified atom stereocenters. The number of aryl methyl sites for hydroxylation is 1. The van der Waals surface area contributed by atoms with Gasteiger partial charge in [0, 0.05) is 61.6 Å². The second-order valence-electron chi connectivity index (χ2n) is 7.93. The first-order valence-electron chi connectivity index (χ1n) is 11.1. The largest absolute Gasteiger partial charge is 0.388 e. The third-order valence-corrected chi connectivity index (χ3v) is 5.63. The maximum Gasteiger partial charge on any atom is 0.242 e. The molecule has 7 heteroatoms. The average Bonchev–Trinajstić information content (AvgIpc) is 2.78. The summed E-state index contributed by atoms with van der Waals surface area (Å²) in [5, 5.41) is 6.35. The van der Waals surface area contributed by atoms with Gasteiger partial charge in [-0.05, 0) is 56.2 Å². The predicted octanol–water partition coefficient (Wildman–Crippen LogP) is 4.06. The summed E-state index contributed by atoms with van der Waals surface area (Å²) in [5.74, 6) is 0.0726. The molecule has 0 radical (unpaired) electrons. The number of halogens is 1. The van der Waals surface area contributed by atoms with E-state index in [2.05, 4.69) is 29.0 Å². The molecule has 6 nitrogen and oxygen atoms in total. The summed E-state index contributed by atoms with van der Waals surface area (Å²) in [6.07, 6.45) is 9.77. The molecule has 1 aliphatic heterocycles. The van der Waals surface area contributed by atoms with Gasteiger partial charge in [0.25, 0.3) is 0 Å². The molecule has 0 bridgehead atoms. The third-order valence-electron chi connectivity index (χ3n) is 5.48. The molecule has 0 aromatic heterocycles. The maximum absolute atomic E-state index is 12.9. The minimum absolute atomic E-state index is 0.0456. The lowest BCUT2D eigenvalue weighted by atomic mass is 10.1. The molecule has 0 spiro atoms. The molecule has 1 fully saturated rings.